The zero-order valence-electron chi connectivity index (χ0n) is 10.3. The number of anilines is 1. The van der Waals surface area contributed by atoms with Gasteiger partial charge in [-0.2, -0.15) is 0 Å². The lowest BCUT2D eigenvalue weighted by atomic mass is 10.3. The number of hydrogen-bond acceptors (Lipinski definition) is 4. The van der Waals surface area contributed by atoms with Crippen molar-refractivity contribution in [3.63, 3.8) is 0 Å². The van der Waals surface area contributed by atoms with E-state index in [1.807, 2.05) is 0 Å². The second kappa shape index (κ2) is 6.58. The lowest BCUT2D eigenvalue weighted by Gasteiger charge is -2.08. The maximum atomic E-state index is 11.6. The van der Waals surface area contributed by atoms with Crippen molar-refractivity contribution in [1.82, 2.24) is 0 Å². The molecule has 0 spiro atoms. The number of carbonyl (C=O) groups is 1. The minimum absolute atomic E-state index is 0.232. The molecule has 0 atom stereocenters. The monoisotopic (exact) mass is 303 g/mol. The standard InChI is InChI=1S/C12H14ClNO4S/c1-3-6-19(16,17)8-12(15)14-9-4-5-11(18-2)10(13)7-9/h3-5,7H,1,6,8H2,2H3,(H,14,15). The van der Waals surface area contributed by atoms with E-state index in [4.69, 9.17) is 16.3 Å². The fourth-order valence-corrected chi connectivity index (χ4v) is 2.59. The first-order chi connectivity index (χ1) is 8.88. The second-order valence-corrected chi connectivity index (χ2v) is 6.26. The van der Waals surface area contributed by atoms with Crippen molar-refractivity contribution >= 4 is 33.0 Å². The van der Waals surface area contributed by atoms with Crippen LogP contribution in [-0.2, 0) is 14.6 Å². The number of amides is 1. The molecule has 0 saturated heterocycles. The fraction of sp³-hybridized carbons (Fsp3) is 0.250. The van der Waals surface area contributed by atoms with E-state index in [-0.39, 0.29) is 5.75 Å². The van der Waals surface area contributed by atoms with Crippen molar-refractivity contribution in [3.8, 4) is 5.75 Å². The molecule has 19 heavy (non-hydrogen) atoms. The van der Waals surface area contributed by atoms with Crippen LogP contribution in [0.5, 0.6) is 5.75 Å². The maximum absolute atomic E-state index is 11.6. The molecule has 0 aromatic heterocycles. The summed E-state index contributed by atoms with van der Waals surface area (Å²) in [5.74, 6) is -0.978. The Morgan fingerprint density at radius 1 is 1.53 bits per heavy atom. The topological polar surface area (TPSA) is 72.5 Å². The number of ether oxygens (including phenoxy) is 1. The van der Waals surface area contributed by atoms with Gasteiger partial charge < -0.3 is 10.1 Å². The van der Waals surface area contributed by atoms with Gasteiger partial charge in [-0.3, -0.25) is 4.79 Å². The number of hydrogen-bond donors (Lipinski definition) is 1. The number of benzene rings is 1. The molecule has 0 radical (unpaired) electrons. The molecule has 1 N–H and O–H groups in total. The molecule has 0 aliphatic heterocycles. The highest BCUT2D eigenvalue weighted by Gasteiger charge is 2.15. The Morgan fingerprint density at radius 3 is 2.74 bits per heavy atom. The van der Waals surface area contributed by atoms with Gasteiger partial charge in [-0.25, -0.2) is 8.42 Å². The van der Waals surface area contributed by atoms with Gasteiger partial charge in [0.15, 0.2) is 9.84 Å². The Morgan fingerprint density at radius 2 is 2.21 bits per heavy atom. The SMILES string of the molecule is C=CCS(=O)(=O)CC(=O)Nc1ccc(OC)c(Cl)c1. The molecule has 104 valence electrons. The zero-order valence-corrected chi connectivity index (χ0v) is 11.9. The van der Waals surface area contributed by atoms with E-state index in [9.17, 15) is 13.2 Å². The lowest BCUT2D eigenvalue weighted by molar-refractivity contribution is -0.113. The van der Waals surface area contributed by atoms with Gasteiger partial charge >= 0.3 is 0 Å². The molecule has 0 heterocycles. The quantitative estimate of drug-likeness (QED) is 0.815. The Labute approximate surface area is 117 Å². The number of nitrogens with one attached hydrogen (secondary N) is 1. The van der Waals surface area contributed by atoms with Gasteiger partial charge in [0.05, 0.1) is 17.9 Å². The summed E-state index contributed by atoms with van der Waals surface area (Å²) in [5.41, 5.74) is 0.407. The maximum Gasteiger partial charge on any atom is 0.239 e. The van der Waals surface area contributed by atoms with Gasteiger partial charge in [0.1, 0.15) is 11.5 Å². The highest BCUT2D eigenvalue weighted by molar-refractivity contribution is 7.92. The molecule has 5 nitrogen and oxygen atoms in total. The van der Waals surface area contributed by atoms with Crippen LogP contribution in [0.15, 0.2) is 30.9 Å². The third-order valence-corrected chi connectivity index (χ3v) is 3.90. The Hall–Kier alpha value is -1.53. The smallest absolute Gasteiger partial charge is 0.239 e. The molecule has 0 aliphatic carbocycles. The number of halogens is 1. The van der Waals surface area contributed by atoms with E-state index in [2.05, 4.69) is 11.9 Å². The van der Waals surface area contributed by atoms with Crippen molar-refractivity contribution in [3.05, 3.63) is 35.9 Å². The molecule has 0 saturated carbocycles. The summed E-state index contributed by atoms with van der Waals surface area (Å²) in [5, 5.41) is 2.78. The number of sulfone groups is 1. The molecule has 0 unspecified atom stereocenters. The number of methoxy groups -OCH3 is 1. The molecule has 7 heteroatoms. The van der Waals surface area contributed by atoms with E-state index in [0.29, 0.717) is 16.5 Å². The van der Waals surface area contributed by atoms with E-state index in [1.54, 1.807) is 12.1 Å². The largest absolute Gasteiger partial charge is 0.495 e. The first-order valence-corrected chi connectivity index (χ1v) is 7.52. The Bertz CT molecular complexity index is 583. The predicted octanol–water partition coefficient (Wildman–Crippen LogP) is 1.89. The van der Waals surface area contributed by atoms with E-state index in [1.165, 1.54) is 19.3 Å². The van der Waals surface area contributed by atoms with Gasteiger partial charge in [-0.1, -0.05) is 17.7 Å². The molecular formula is C12H14ClNO4S. The number of carbonyl (C=O) groups excluding carboxylic acids is 1. The Balaban J connectivity index is 2.72. The van der Waals surface area contributed by atoms with E-state index in [0.717, 1.165) is 0 Å². The predicted molar refractivity (Wildman–Crippen MR) is 75.5 cm³/mol. The second-order valence-electron chi connectivity index (χ2n) is 3.74. The van der Waals surface area contributed by atoms with Gasteiger partial charge in [0.2, 0.25) is 5.91 Å². The summed E-state index contributed by atoms with van der Waals surface area (Å²) in [6.45, 7) is 3.33. The highest BCUT2D eigenvalue weighted by Crippen LogP contribution is 2.27. The van der Waals surface area contributed by atoms with Crippen LogP contribution < -0.4 is 10.1 Å². The lowest BCUT2D eigenvalue weighted by Crippen LogP contribution is -2.24. The molecule has 1 rings (SSSR count). The molecule has 1 amide bonds. The molecule has 0 fully saturated rings. The van der Waals surface area contributed by atoms with Gasteiger partial charge in [0, 0.05) is 5.69 Å². The molecular weight excluding hydrogens is 290 g/mol. The minimum Gasteiger partial charge on any atom is -0.495 e. The van der Waals surface area contributed by atoms with Crippen LogP contribution in [0.25, 0.3) is 0 Å². The third kappa shape index (κ3) is 4.92. The Kier molecular flexibility index (Phi) is 5.38. The van der Waals surface area contributed by atoms with Crippen LogP contribution in [0.4, 0.5) is 5.69 Å². The molecule has 1 aromatic rings. The van der Waals surface area contributed by atoms with E-state index < -0.39 is 21.5 Å². The van der Waals surface area contributed by atoms with Crippen LogP contribution in [0, 0.1) is 0 Å². The van der Waals surface area contributed by atoms with Crippen molar-refractivity contribution in [2.75, 3.05) is 23.9 Å². The average Bonchev–Trinajstić information content (AvgIpc) is 2.27. The zero-order chi connectivity index (χ0) is 14.5. The summed E-state index contributed by atoms with van der Waals surface area (Å²) in [6.07, 6.45) is 1.24. The van der Waals surface area contributed by atoms with Crippen LogP contribution >= 0.6 is 11.6 Å². The highest BCUT2D eigenvalue weighted by atomic mass is 35.5. The van der Waals surface area contributed by atoms with Crippen LogP contribution in [-0.4, -0.2) is 32.9 Å². The first-order valence-electron chi connectivity index (χ1n) is 5.32. The van der Waals surface area contributed by atoms with Crippen LogP contribution in [0.3, 0.4) is 0 Å². The van der Waals surface area contributed by atoms with Crippen LogP contribution in [0.2, 0.25) is 5.02 Å². The fourth-order valence-electron chi connectivity index (χ4n) is 1.38. The summed E-state index contributed by atoms with van der Waals surface area (Å²) < 4.78 is 27.8. The molecule has 1 aromatic carbocycles. The van der Waals surface area contributed by atoms with Crippen molar-refractivity contribution < 1.29 is 17.9 Å². The summed E-state index contributed by atoms with van der Waals surface area (Å²) in [4.78, 5) is 11.6. The van der Waals surface area contributed by atoms with Crippen LogP contribution in [0.1, 0.15) is 0 Å². The average molecular weight is 304 g/mol. The third-order valence-electron chi connectivity index (χ3n) is 2.16. The van der Waals surface area contributed by atoms with Crippen molar-refractivity contribution in [2.24, 2.45) is 0 Å². The van der Waals surface area contributed by atoms with Crippen molar-refractivity contribution in [1.29, 1.82) is 0 Å². The summed E-state index contributed by atoms with van der Waals surface area (Å²) in [7, 11) is -1.99. The normalized spacial score (nSPS) is 10.8. The van der Waals surface area contributed by atoms with Gasteiger partial charge in [-0.15, -0.1) is 6.58 Å². The van der Waals surface area contributed by atoms with Crippen molar-refractivity contribution in [2.45, 2.75) is 0 Å². The summed E-state index contributed by atoms with van der Waals surface area (Å²) >= 11 is 5.89. The van der Waals surface area contributed by atoms with Gasteiger partial charge in [0.25, 0.3) is 0 Å². The van der Waals surface area contributed by atoms with E-state index >= 15 is 0 Å². The molecule has 0 bridgehead atoms. The first kappa shape index (κ1) is 15.5. The minimum atomic E-state index is -3.46. The summed E-state index contributed by atoms with van der Waals surface area (Å²) in [6, 6.07) is 4.64. The number of rotatable bonds is 6. The van der Waals surface area contributed by atoms with Gasteiger partial charge in [-0.05, 0) is 18.2 Å². The molecule has 0 aliphatic rings.